The van der Waals surface area contributed by atoms with Crippen LogP contribution in [-0.2, 0) is 16.3 Å². The molecule has 1 aromatic heterocycles. The van der Waals surface area contributed by atoms with Crippen LogP contribution in [0, 0.1) is 8.99 Å². The normalized spacial score (nSPS) is 19.4. The third-order valence-electron chi connectivity index (χ3n) is 8.18. The van der Waals surface area contributed by atoms with Crippen LogP contribution in [0.5, 0.6) is 0 Å². The molecule has 2 atom stereocenters. The predicted molar refractivity (Wildman–Crippen MR) is 163 cm³/mol. The van der Waals surface area contributed by atoms with E-state index in [1.165, 1.54) is 11.1 Å². The number of hydrogen-bond acceptors (Lipinski definition) is 3. The van der Waals surface area contributed by atoms with Crippen LogP contribution in [0.15, 0.2) is 24.3 Å². The summed E-state index contributed by atoms with van der Waals surface area (Å²) in [5, 5.41) is 11.9. The number of hydrogen-bond donors (Lipinski definition) is 1. The summed E-state index contributed by atoms with van der Waals surface area (Å²) in [5.74, 6) is 0.215. The Morgan fingerprint density at radius 2 is 1.61 bits per heavy atom. The maximum absolute atomic E-state index is 11.8. The number of aliphatic hydroxyl groups excluding tert-OH is 1. The van der Waals surface area contributed by atoms with Gasteiger partial charge in [-0.15, -0.1) is 0 Å². The first kappa shape index (κ1) is 29.8. The molecule has 5 heteroatoms. The quantitative estimate of drug-likeness (QED) is 0.267. The molecule has 1 aliphatic rings. The van der Waals surface area contributed by atoms with E-state index >= 15 is 0 Å². The number of aliphatic hydroxyl groups is 1. The fraction of sp³-hybridized carbons (Fsp3) is 0.645. The molecule has 1 aromatic carbocycles. The molecule has 3 nitrogen and oxygen atoms in total. The number of benzene rings is 1. The second-order valence-electron chi connectivity index (χ2n) is 14.4. The molecule has 0 bridgehead atoms. The fourth-order valence-electron chi connectivity index (χ4n) is 4.91. The molecule has 0 spiro atoms. The zero-order chi connectivity index (χ0) is 27.4. The number of pyridine rings is 1. The molecule has 1 N–H and O–H groups in total. The van der Waals surface area contributed by atoms with Crippen molar-refractivity contribution in [2.75, 3.05) is 0 Å². The smallest absolute Gasteiger partial charge is 0.192 e. The Morgan fingerprint density at radius 3 is 2.08 bits per heavy atom. The maximum atomic E-state index is 11.8. The molecule has 0 saturated heterocycles. The SMILES string of the molecule is CC(C)c1nc2c(c(I)c1C(O)c1ccc(C(C)(C)C)cc1)[C@@H](O[Si](C)(C)C(C)(C)C)CC(C)(C)C2. The van der Waals surface area contributed by atoms with Crippen molar-refractivity contribution in [3.8, 4) is 0 Å². The molecule has 0 amide bonds. The Morgan fingerprint density at radius 1 is 1.06 bits per heavy atom. The summed E-state index contributed by atoms with van der Waals surface area (Å²) in [6.07, 6.45) is 1.19. The van der Waals surface area contributed by atoms with Crippen LogP contribution in [0.1, 0.15) is 127 Å². The average molecular weight is 622 g/mol. The Kier molecular flexibility index (Phi) is 8.35. The van der Waals surface area contributed by atoms with Crippen molar-refractivity contribution in [1.29, 1.82) is 0 Å². The number of nitrogens with zero attached hydrogens (tertiary/aromatic N) is 1. The first-order valence-corrected chi connectivity index (χ1v) is 17.4. The molecule has 0 aliphatic heterocycles. The van der Waals surface area contributed by atoms with Gasteiger partial charge in [0.2, 0.25) is 0 Å². The van der Waals surface area contributed by atoms with E-state index in [9.17, 15) is 5.11 Å². The Labute approximate surface area is 235 Å². The average Bonchev–Trinajstić information content (AvgIpc) is 2.70. The van der Waals surface area contributed by atoms with Gasteiger partial charge >= 0.3 is 0 Å². The molecule has 1 unspecified atom stereocenters. The van der Waals surface area contributed by atoms with Gasteiger partial charge < -0.3 is 9.53 Å². The van der Waals surface area contributed by atoms with Gasteiger partial charge in [-0.3, -0.25) is 4.98 Å². The lowest BCUT2D eigenvalue weighted by molar-refractivity contribution is 0.104. The van der Waals surface area contributed by atoms with E-state index in [-0.39, 0.29) is 27.9 Å². The van der Waals surface area contributed by atoms with Gasteiger partial charge in [0.1, 0.15) is 6.10 Å². The van der Waals surface area contributed by atoms with Gasteiger partial charge in [-0.2, -0.15) is 0 Å². The summed E-state index contributed by atoms with van der Waals surface area (Å²) in [6.45, 7) is 27.3. The van der Waals surface area contributed by atoms with Crippen LogP contribution in [-0.4, -0.2) is 18.4 Å². The first-order chi connectivity index (χ1) is 16.2. The summed E-state index contributed by atoms with van der Waals surface area (Å²) in [6, 6.07) is 8.46. The Balaban J connectivity index is 2.18. The van der Waals surface area contributed by atoms with Gasteiger partial charge in [0.15, 0.2) is 8.32 Å². The van der Waals surface area contributed by atoms with Crippen molar-refractivity contribution < 1.29 is 9.53 Å². The van der Waals surface area contributed by atoms with Gasteiger partial charge in [0.25, 0.3) is 0 Å². The summed E-state index contributed by atoms with van der Waals surface area (Å²) in [4.78, 5) is 5.29. The van der Waals surface area contributed by atoms with Crippen molar-refractivity contribution in [2.45, 2.75) is 124 Å². The van der Waals surface area contributed by atoms with Crippen LogP contribution in [0.3, 0.4) is 0 Å². The highest BCUT2D eigenvalue weighted by molar-refractivity contribution is 14.1. The monoisotopic (exact) mass is 621 g/mol. The highest BCUT2D eigenvalue weighted by Gasteiger charge is 2.44. The molecule has 0 radical (unpaired) electrons. The van der Waals surface area contributed by atoms with Crippen molar-refractivity contribution in [3.05, 3.63) is 61.5 Å². The molecule has 1 heterocycles. The molecule has 0 saturated carbocycles. The van der Waals surface area contributed by atoms with Gasteiger partial charge in [-0.1, -0.05) is 93.5 Å². The molecule has 200 valence electrons. The van der Waals surface area contributed by atoms with Crippen molar-refractivity contribution in [1.82, 2.24) is 4.98 Å². The van der Waals surface area contributed by atoms with E-state index in [0.29, 0.717) is 0 Å². The molecule has 36 heavy (non-hydrogen) atoms. The molecule has 1 aliphatic carbocycles. The topological polar surface area (TPSA) is 42.4 Å². The minimum Gasteiger partial charge on any atom is -0.410 e. The summed E-state index contributed by atoms with van der Waals surface area (Å²) in [5.41, 5.74) is 6.72. The minimum atomic E-state index is -2.01. The van der Waals surface area contributed by atoms with Gasteiger partial charge in [-0.25, -0.2) is 0 Å². The van der Waals surface area contributed by atoms with Gasteiger partial charge in [-0.05, 0) is 81.4 Å². The lowest BCUT2D eigenvalue weighted by Crippen LogP contribution is -2.44. The van der Waals surface area contributed by atoms with Crippen LogP contribution in [0.25, 0.3) is 0 Å². The van der Waals surface area contributed by atoms with Crippen LogP contribution in [0.2, 0.25) is 18.1 Å². The van der Waals surface area contributed by atoms with E-state index in [2.05, 4.69) is 129 Å². The lowest BCUT2D eigenvalue weighted by atomic mass is 9.74. The van der Waals surface area contributed by atoms with E-state index in [1.807, 2.05) is 0 Å². The summed E-state index contributed by atoms with van der Waals surface area (Å²) >= 11 is 2.48. The third-order valence-corrected chi connectivity index (χ3v) is 13.8. The number of halogens is 1. The highest BCUT2D eigenvalue weighted by atomic mass is 127. The lowest BCUT2D eigenvalue weighted by Gasteiger charge is -2.44. The molecular formula is C31H48INO2Si. The Hall–Kier alpha value is -0.763. The van der Waals surface area contributed by atoms with Crippen LogP contribution >= 0.6 is 22.6 Å². The van der Waals surface area contributed by atoms with E-state index < -0.39 is 14.4 Å². The fourth-order valence-corrected chi connectivity index (χ4v) is 7.40. The van der Waals surface area contributed by atoms with E-state index in [4.69, 9.17) is 9.41 Å². The maximum Gasteiger partial charge on any atom is 0.192 e. The standard InChI is InChI=1S/C31H48INO2Si/c1-19(2)27-25(28(34)20-13-15-21(16-14-20)29(3,4)5)26(32)24-22(33-27)17-31(9,10)18-23(24)35-36(11,12)30(6,7)8/h13-16,19,23,28,34H,17-18H2,1-12H3/t23-,28?/m0/s1. The van der Waals surface area contributed by atoms with Gasteiger partial charge in [0, 0.05) is 20.4 Å². The van der Waals surface area contributed by atoms with Gasteiger partial charge in [0.05, 0.1) is 11.8 Å². The molecule has 0 fully saturated rings. The number of fused-ring (bicyclic) bond motifs is 1. The minimum absolute atomic E-state index is 0.000490. The molecule has 2 aromatic rings. The number of aromatic nitrogens is 1. The predicted octanol–water partition coefficient (Wildman–Crippen LogP) is 9.22. The summed E-state index contributed by atoms with van der Waals surface area (Å²) < 4.78 is 8.22. The van der Waals surface area contributed by atoms with E-state index in [1.54, 1.807) is 0 Å². The largest absolute Gasteiger partial charge is 0.410 e. The van der Waals surface area contributed by atoms with Crippen molar-refractivity contribution in [3.63, 3.8) is 0 Å². The van der Waals surface area contributed by atoms with Crippen molar-refractivity contribution in [2.24, 2.45) is 5.41 Å². The number of rotatable bonds is 5. The zero-order valence-electron chi connectivity index (χ0n) is 24.6. The van der Waals surface area contributed by atoms with Crippen LogP contribution < -0.4 is 0 Å². The second kappa shape index (κ2) is 10.1. The molecule has 3 rings (SSSR count). The molecular weight excluding hydrogens is 573 g/mol. The van der Waals surface area contributed by atoms with Crippen LogP contribution in [0.4, 0.5) is 0 Å². The highest BCUT2D eigenvalue weighted by Crippen LogP contribution is 2.50. The van der Waals surface area contributed by atoms with E-state index in [0.717, 1.165) is 38.9 Å². The van der Waals surface area contributed by atoms with Crippen molar-refractivity contribution >= 4 is 30.9 Å². The first-order valence-electron chi connectivity index (χ1n) is 13.4. The third kappa shape index (κ3) is 6.10. The Bertz CT molecular complexity index is 1090. The second-order valence-corrected chi connectivity index (χ2v) is 20.3. The summed E-state index contributed by atoms with van der Waals surface area (Å²) in [7, 11) is -2.01. The zero-order valence-corrected chi connectivity index (χ0v) is 27.8.